The van der Waals surface area contributed by atoms with Gasteiger partial charge in [-0.25, -0.2) is 4.39 Å². The highest BCUT2D eigenvalue weighted by molar-refractivity contribution is 5.95. The standard InChI is InChI=1S/C12H13FN2O3/c1-4-5-14(3)12(16)10-7-9(15(17)18)6-8(2)11(10)13/h4,6-7H,1,5H2,2-3H3. The van der Waals surface area contributed by atoms with Crippen molar-refractivity contribution in [3.05, 3.63) is 51.8 Å². The Labute approximate surface area is 104 Å². The maximum absolute atomic E-state index is 13.8. The molecule has 1 rings (SSSR count). The molecule has 0 aliphatic rings. The van der Waals surface area contributed by atoms with Gasteiger partial charge < -0.3 is 4.90 Å². The van der Waals surface area contributed by atoms with Crippen molar-refractivity contribution in [1.29, 1.82) is 0 Å². The number of rotatable bonds is 4. The Balaban J connectivity index is 3.26. The monoisotopic (exact) mass is 252 g/mol. The minimum Gasteiger partial charge on any atom is -0.338 e. The Hall–Kier alpha value is -2.24. The first-order chi connectivity index (χ1) is 8.38. The van der Waals surface area contributed by atoms with E-state index in [1.54, 1.807) is 0 Å². The predicted molar refractivity (Wildman–Crippen MR) is 64.9 cm³/mol. The second-order valence-electron chi connectivity index (χ2n) is 3.86. The first-order valence-electron chi connectivity index (χ1n) is 5.19. The molecule has 0 spiro atoms. The van der Waals surface area contributed by atoms with Crippen LogP contribution in [-0.4, -0.2) is 29.3 Å². The summed E-state index contributed by atoms with van der Waals surface area (Å²) in [7, 11) is 1.47. The molecule has 5 nitrogen and oxygen atoms in total. The van der Waals surface area contributed by atoms with Crippen LogP contribution >= 0.6 is 0 Å². The van der Waals surface area contributed by atoms with Crippen molar-refractivity contribution in [2.45, 2.75) is 6.92 Å². The molecule has 0 heterocycles. The third kappa shape index (κ3) is 2.71. The van der Waals surface area contributed by atoms with Crippen LogP contribution in [0.5, 0.6) is 0 Å². The zero-order valence-electron chi connectivity index (χ0n) is 10.1. The largest absolute Gasteiger partial charge is 0.338 e. The summed E-state index contributed by atoms with van der Waals surface area (Å²) in [5.41, 5.74) is -0.533. The molecule has 0 saturated heterocycles. The molecule has 0 aliphatic heterocycles. The maximum atomic E-state index is 13.8. The summed E-state index contributed by atoms with van der Waals surface area (Å²) in [6, 6.07) is 2.05. The Morgan fingerprint density at radius 3 is 2.72 bits per heavy atom. The molecule has 0 bridgehead atoms. The molecule has 0 atom stereocenters. The number of nitro benzene ring substituents is 1. The van der Waals surface area contributed by atoms with E-state index in [2.05, 4.69) is 6.58 Å². The van der Waals surface area contributed by atoms with Gasteiger partial charge in [0.15, 0.2) is 0 Å². The van der Waals surface area contributed by atoms with Crippen LogP contribution < -0.4 is 0 Å². The summed E-state index contributed by atoms with van der Waals surface area (Å²) >= 11 is 0. The molecule has 1 amide bonds. The summed E-state index contributed by atoms with van der Waals surface area (Å²) in [6.07, 6.45) is 1.49. The quantitative estimate of drug-likeness (QED) is 0.469. The van der Waals surface area contributed by atoms with E-state index in [0.29, 0.717) is 0 Å². The molecule has 18 heavy (non-hydrogen) atoms. The highest BCUT2D eigenvalue weighted by atomic mass is 19.1. The van der Waals surface area contributed by atoms with Crippen molar-refractivity contribution in [1.82, 2.24) is 4.90 Å². The summed E-state index contributed by atoms with van der Waals surface area (Å²) in [6.45, 7) is 5.08. The molecule has 6 heteroatoms. The molecule has 96 valence electrons. The Morgan fingerprint density at radius 2 is 2.22 bits per heavy atom. The smallest absolute Gasteiger partial charge is 0.270 e. The number of amides is 1. The van der Waals surface area contributed by atoms with Crippen LogP contribution in [0, 0.1) is 22.9 Å². The van der Waals surface area contributed by atoms with Crippen molar-refractivity contribution in [2.24, 2.45) is 0 Å². The number of aryl methyl sites for hydroxylation is 1. The van der Waals surface area contributed by atoms with Crippen molar-refractivity contribution >= 4 is 11.6 Å². The van der Waals surface area contributed by atoms with Crippen LogP contribution in [0.2, 0.25) is 0 Å². The number of carbonyl (C=O) groups is 1. The number of benzene rings is 1. The van der Waals surface area contributed by atoms with E-state index in [0.717, 1.165) is 12.1 Å². The number of likely N-dealkylation sites (N-methyl/N-ethyl adjacent to an activating group) is 1. The zero-order valence-corrected chi connectivity index (χ0v) is 10.1. The molecule has 0 unspecified atom stereocenters. The number of carbonyl (C=O) groups excluding carboxylic acids is 1. The Kier molecular flexibility index (Phi) is 4.14. The summed E-state index contributed by atoms with van der Waals surface area (Å²) < 4.78 is 13.8. The van der Waals surface area contributed by atoms with Gasteiger partial charge >= 0.3 is 0 Å². The van der Waals surface area contributed by atoms with Crippen molar-refractivity contribution < 1.29 is 14.1 Å². The lowest BCUT2D eigenvalue weighted by molar-refractivity contribution is -0.385. The molecule has 0 aromatic heterocycles. The van der Waals surface area contributed by atoms with Gasteiger partial charge in [0.1, 0.15) is 5.82 Å². The molecular formula is C12H13FN2O3. The van der Waals surface area contributed by atoms with Crippen LogP contribution in [0.15, 0.2) is 24.8 Å². The van der Waals surface area contributed by atoms with Crippen molar-refractivity contribution in [3.8, 4) is 0 Å². The van der Waals surface area contributed by atoms with E-state index >= 15 is 0 Å². The first kappa shape index (κ1) is 13.8. The molecule has 1 aromatic carbocycles. The topological polar surface area (TPSA) is 63.5 Å². The van der Waals surface area contributed by atoms with Crippen LogP contribution in [0.1, 0.15) is 15.9 Å². The minimum absolute atomic E-state index is 0.0690. The second kappa shape index (κ2) is 5.39. The molecule has 0 aliphatic carbocycles. The minimum atomic E-state index is -0.735. The summed E-state index contributed by atoms with van der Waals surface area (Å²) in [5.74, 6) is -1.35. The molecule has 0 N–H and O–H groups in total. The van der Waals surface area contributed by atoms with Crippen LogP contribution in [0.4, 0.5) is 10.1 Å². The number of nitrogens with zero attached hydrogens (tertiary/aromatic N) is 2. The molecule has 0 fully saturated rings. The molecule has 0 saturated carbocycles. The number of nitro groups is 1. The van der Waals surface area contributed by atoms with Gasteiger partial charge in [0.05, 0.1) is 10.5 Å². The summed E-state index contributed by atoms with van der Waals surface area (Å²) in [5, 5.41) is 10.7. The zero-order chi connectivity index (χ0) is 13.9. The van der Waals surface area contributed by atoms with Crippen LogP contribution in [0.3, 0.4) is 0 Å². The number of non-ortho nitro benzene ring substituents is 1. The van der Waals surface area contributed by atoms with Crippen molar-refractivity contribution in [3.63, 3.8) is 0 Å². The molecule has 1 aromatic rings. The third-order valence-electron chi connectivity index (χ3n) is 2.43. The van der Waals surface area contributed by atoms with E-state index < -0.39 is 16.6 Å². The van der Waals surface area contributed by atoms with E-state index in [1.807, 2.05) is 0 Å². The van der Waals surface area contributed by atoms with Gasteiger partial charge in [-0.2, -0.15) is 0 Å². The fourth-order valence-electron chi connectivity index (χ4n) is 1.49. The Bertz CT molecular complexity index is 514. The van der Waals surface area contributed by atoms with E-state index in [1.165, 1.54) is 24.9 Å². The number of hydrogen-bond donors (Lipinski definition) is 0. The van der Waals surface area contributed by atoms with Gasteiger partial charge in [-0.15, -0.1) is 6.58 Å². The Morgan fingerprint density at radius 1 is 1.61 bits per heavy atom. The molecular weight excluding hydrogens is 239 g/mol. The average Bonchev–Trinajstić information content (AvgIpc) is 2.31. The van der Waals surface area contributed by atoms with Gasteiger partial charge in [-0.3, -0.25) is 14.9 Å². The second-order valence-corrected chi connectivity index (χ2v) is 3.86. The lowest BCUT2D eigenvalue weighted by atomic mass is 10.1. The molecule has 0 radical (unpaired) electrons. The number of halogens is 1. The highest BCUT2D eigenvalue weighted by Gasteiger charge is 2.21. The predicted octanol–water partition coefficient (Wildman–Crippen LogP) is 2.30. The van der Waals surface area contributed by atoms with E-state index in [4.69, 9.17) is 0 Å². The van der Waals surface area contributed by atoms with Crippen LogP contribution in [-0.2, 0) is 0 Å². The van der Waals surface area contributed by atoms with Gasteiger partial charge in [0.2, 0.25) is 0 Å². The highest BCUT2D eigenvalue weighted by Crippen LogP contribution is 2.22. The first-order valence-corrected chi connectivity index (χ1v) is 5.19. The third-order valence-corrected chi connectivity index (χ3v) is 2.43. The van der Waals surface area contributed by atoms with Gasteiger partial charge in [-0.05, 0) is 12.5 Å². The lowest BCUT2D eigenvalue weighted by Crippen LogP contribution is -2.27. The van der Waals surface area contributed by atoms with Crippen molar-refractivity contribution in [2.75, 3.05) is 13.6 Å². The van der Waals surface area contributed by atoms with Crippen LogP contribution in [0.25, 0.3) is 0 Å². The normalized spacial score (nSPS) is 9.94. The van der Waals surface area contributed by atoms with Gasteiger partial charge in [0.25, 0.3) is 11.6 Å². The van der Waals surface area contributed by atoms with Gasteiger partial charge in [0, 0.05) is 25.7 Å². The van der Waals surface area contributed by atoms with E-state index in [-0.39, 0.29) is 23.4 Å². The number of hydrogen-bond acceptors (Lipinski definition) is 3. The summed E-state index contributed by atoms with van der Waals surface area (Å²) in [4.78, 5) is 23.1. The maximum Gasteiger partial charge on any atom is 0.270 e. The average molecular weight is 252 g/mol. The fraction of sp³-hybridized carbons (Fsp3) is 0.250. The fourth-order valence-corrected chi connectivity index (χ4v) is 1.49. The SMILES string of the molecule is C=CCN(C)C(=O)c1cc([N+](=O)[O-])cc(C)c1F. The lowest BCUT2D eigenvalue weighted by Gasteiger charge is -2.15. The van der Waals surface area contributed by atoms with Gasteiger partial charge in [-0.1, -0.05) is 6.08 Å². The van der Waals surface area contributed by atoms with E-state index in [9.17, 15) is 19.3 Å².